The summed E-state index contributed by atoms with van der Waals surface area (Å²) in [6.45, 7) is 0.152. The molecule has 1 fully saturated rings. The van der Waals surface area contributed by atoms with Gasteiger partial charge in [-0.3, -0.25) is 18.9 Å². The van der Waals surface area contributed by atoms with Gasteiger partial charge in [-0.1, -0.05) is 0 Å². The van der Waals surface area contributed by atoms with Crippen LogP contribution in [0.25, 0.3) is 11.2 Å². The van der Waals surface area contributed by atoms with Crippen LogP contribution in [0, 0.1) is 0 Å². The molecule has 4 atom stereocenters. The minimum absolute atomic E-state index is 0.00897. The van der Waals surface area contributed by atoms with Gasteiger partial charge in [-0.15, -0.1) is 0 Å². The number of phosphoric acid groups is 1. The van der Waals surface area contributed by atoms with Crippen LogP contribution in [0.3, 0.4) is 0 Å². The standard InChI is InChI=1S/C18H23N6O8P/c25-6-9-1-3-23-4-2-10(15(9)23)20-18-21-16-14(17(27)22-18)19-8-24(16)13-5-11(12(7-26)31-13)32-33(28,29)30/h1,3,8,10-13,25-26H,2,4-7H2,(H2,28,29,30)(H2,20,21,22,27)/t10?,11-,12+,13+/m0/s1. The number of aromatic amines is 1. The van der Waals surface area contributed by atoms with Crippen molar-refractivity contribution < 1.29 is 33.8 Å². The van der Waals surface area contributed by atoms with Gasteiger partial charge in [-0.05, 0) is 12.5 Å². The molecule has 5 heterocycles. The van der Waals surface area contributed by atoms with Crippen molar-refractivity contribution in [1.82, 2.24) is 24.1 Å². The zero-order valence-electron chi connectivity index (χ0n) is 17.2. The van der Waals surface area contributed by atoms with Crippen LogP contribution in [0.15, 0.2) is 23.4 Å². The maximum absolute atomic E-state index is 12.6. The fourth-order valence-electron chi connectivity index (χ4n) is 4.52. The molecule has 0 amide bonds. The number of rotatable bonds is 7. The van der Waals surface area contributed by atoms with E-state index in [0.717, 1.165) is 24.2 Å². The van der Waals surface area contributed by atoms with E-state index in [1.807, 2.05) is 16.8 Å². The number of phosphoric ester groups is 1. The Morgan fingerprint density at radius 2 is 2.18 bits per heavy atom. The Bertz CT molecular complexity index is 1280. The zero-order valence-corrected chi connectivity index (χ0v) is 18.1. The Balaban J connectivity index is 1.44. The summed E-state index contributed by atoms with van der Waals surface area (Å²) in [5, 5.41) is 22.3. The Morgan fingerprint density at radius 1 is 1.36 bits per heavy atom. The van der Waals surface area contributed by atoms with Crippen molar-refractivity contribution in [2.45, 2.75) is 50.5 Å². The molecule has 0 radical (unpaired) electrons. The lowest BCUT2D eigenvalue weighted by molar-refractivity contribution is -0.0425. The van der Waals surface area contributed by atoms with Gasteiger partial charge in [-0.25, -0.2) is 9.55 Å². The average Bonchev–Trinajstić information content (AvgIpc) is 3.50. The van der Waals surface area contributed by atoms with E-state index in [1.54, 1.807) is 0 Å². The molecule has 0 saturated carbocycles. The van der Waals surface area contributed by atoms with E-state index in [0.29, 0.717) is 0 Å². The Hall–Kier alpha value is -2.58. The molecule has 3 aromatic rings. The summed E-state index contributed by atoms with van der Waals surface area (Å²) in [6.07, 6.45) is 1.17. The highest BCUT2D eigenvalue weighted by Crippen LogP contribution is 2.44. The Morgan fingerprint density at radius 3 is 2.91 bits per heavy atom. The molecule has 0 spiro atoms. The smallest absolute Gasteiger partial charge is 0.394 e. The number of nitrogens with zero attached hydrogens (tertiary/aromatic N) is 4. The van der Waals surface area contributed by atoms with E-state index in [1.165, 1.54) is 10.9 Å². The predicted octanol–water partition coefficient (Wildman–Crippen LogP) is -0.272. The van der Waals surface area contributed by atoms with Gasteiger partial charge in [0, 0.05) is 30.4 Å². The van der Waals surface area contributed by atoms with Gasteiger partial charge in [0.1, 0.15) is 18.4 Å². The molecular formula is C18H23N6O8P. The van der Waals surface area contributed by atoms with Gasteiger partial charge in [0.25, 0.3) is 5.56 Å². The number of hydrogen-bond acceptors (Lipinski definition) is 9. The fourth-order valence-corrected chi connectivity index (χ4v) is 5.10. The van der Waals surface area contributed by atoms with Crippen LogP contribution >= 0.6 is 7.82 Å². The fraction of sp³-hybridized carbons (Fsp3) is 0.500. The second kappa shape index (κ2) is 8.33. The van der Waals surface area contributed by atoms with Gasteiger partial charge in [0.05, 0.1) is 25.6 Å². The molecule has 0 bridgehead atoms. The molecule has 178 valence electrons. The van der Waals surface area contributed by atoms with Crippen LogP contribution in [-0.4, -0.2) is 62.9 Å². The molecule has 1 saturated heterocycles. The molecular weight excluding hydrogens is 459 g/mol. The Labute approximate surface area is 186 Å². The van der Waals surface area contributed by atoms with E-state index in [-0.39, 0.29) is 36.2 Å². The van der Waals surface area contributed by atoms with Crippen LogP contribution in [0.1, 0.15) is 36.4 Å². The van der Waals surface area contributed by atoms with Crippen LogP contribution in [0.2, 0.25) is 0 Å². The third kappa shape index (κ3) is 4.10. The van der Waals surface area contributed by atoms with Crippen molar-refractivity contribution in [3.05, 3.63) is 40.2 Å². The first-order chi connectivity index (χ1) is 15.8. The third-order valence-electron chi connectivity index (χ3n) is 5.94. The number of fused-ring (bicyclic) bond motifs is 2. The van der Waals surface area contributed by atoms with Gasteiger partial charge < -0.3 is 34.6 Å². The molecule has 2 aliphatic rings. The lowest BCUT2D eigenvalue weighted by atomic mass is 10.1. The quantitative estimate of drug-likeness (QED) is 0.242. The first kappa shape index (κ1) is 22.2. The van der Waals surface area contributed by atoms with Crippen molar-refractivity contribution in [2.75, 3.05) is 11.9 Å². The molecule has 0 aliphatic carbocycles. The number of aliphatic hydroxyl groups is 2. The summed E-state index contributed by atoms with van der Waals surface area (Å²) < 4.78 is 25.2. The number of aliphatic hydroxyl groups excluding tert-OH is 2. The van der Waals surface area contributed by atoms with Gasteiger partial charge >= 0.3 is 7.82 Å². The van der Waals surface area contributed by atoms with Gasteiger partial charge in [0.15, 0.2) is 11.2 Å². The molecule has 3 aromatic heterocycles. The molecule has 1 unspecified atom stereocenters. The number of H-pyrrole nitrogens is 1. The summed E-state index contributed by atoms with van der Waals surface area (Å²) in [4.78, 5) is 42.1. The van der Waals surface area contributed by atoms with Crippen molar-refractivity contribution in [1.29, 1.82) is 0 Å². The lowest BCUT2D eigenvalue weighted by Gasteiger charge is -2.16. The minimum Gasteiger partial charge on any atom is -0.394 e. The maximum Gasteiger partial charge on any atom is 0.469 e. The summed E-state index contributed by atoms with van der Waals surface area (Å²) >= 11 is 0. The molecule has 14 nitrogen and oxygen atoms in total. The van der Waals surface area contributed by atoms with E-state index in [4.69, 9.17) is 19.0 Å². The van der Waals surface area contributed by atoms with Crippen LogP contribution in [0.4, 0.5) is 5.95 Å². The van der Waals surface area contributed by atoms with E-state index >= 15 is 0 Å². The molecule has 33 heavy (non-hydrogen) atoms. The van der Waals surface area contributed by atoms with Crippen molar-refractivity contribution in [3.8, 4) is 0 Å². The second-order valence-corrected chi connectivity index (χ2v) is 9.18. The molecule has 0 aromatic carbocycles. The second-order valence-electron chi connectivity index (χ2n) is 7.98. The highest BCUT2D eigenvalue weighted by molar-refractivity contribution is 7.46. The van der Waals surface area contributed by atoms with Crippen LogP contribution in [-0.2, 0) is 27.0 Å². The SMILES string of the molecule is O=c1[nH]c(NC2CCn3ccc(CO)c32)nc2c1ncn2[C@H]1C[C@H](OP(=O)(O)O)[C@@H](CO)O1. The number of hydrogen-bond donors (Lipinski definition) is 6. The summed E-state index contributed by atoms with van der Waals surface area (Å²) in [6, 6.07) is 1.68. The number of aryl methyl sites for hydroxylation is 1. The third-order valence-corrected chi connectivity index (χ3v) is 6.49. The number of ether oxygens (including phenoxy) is 1. The minimum atomic E-state index is -4.79. The normalized spacial score (nSPS) is 25.1. The molecule has 15 heteroatoms. The van der Waals surface area contributed by atoms with Gasteiger partial charge in [-0.2, -0.15) is 4.98 Å². The van der Waals surface area contributed by atoms with Crippen LogP contribution < -0.4 is 10.9 Å². The highest BCUT2D eigenvalue weighted by Gasteiger charge is 2.41. The highest BCUT2D eigenvalue weighted by atomic mass is 31.2. The lowest BCUT2D eigenvalue weighted by Crippen LogP contribution is -2.26. The number of anilines is 1. The number of nitrogens with one attached hydrogen (secondary N) is 2. The monoisotopic (exact) mass is 482 g/mol. The van der Waals surface area contributed by atoms with Crippen molar-refractivity contribution in [3.63, 3.8) is 0 Å². The largest absolute Gasteiger partial charge is 0.469 e. The zero-order chi connectivity index (χ0) is 23.3. The van der Waals surface area contributed by atoms with Crippen molar-refractivity contribution in [2.24, 2.45) is 0 Å². The number of aromatic nitrogens is 5. The van der Waals surface area contributed by atoms with Crippen LogP contribution in [0.5, 0.6) is 0 Å². The summed E-state index contributed by atoms with van der Waals surface area (Å²) in [5.74, 6) is 0.206. The predicted molar refractivity (Wildman–Crippen MR) is 112 cm³/mol. The maximum atomic E-state index is 12.6. The summed E-state index contributed by atoms with van der Waals surface area (Å²) in [5.41, 5.74) is 1.52. The first-order valence-corrected chi connectivity index (χ1v) is 11.8. The van der Waals surface area contributed by atoms with Gasteiger partial charge in [0.2, 0.25) is 5.95 Å². The topological polar surface area (TPSA) is 197 Å². The van der Waals surface area contributed by atoms with E-state index in [2.05, 4.69) is 20.3 Å². The average molecular weight is 482 g/mol. The van der Waals surface area contributed by atoms with E-state index < -0.39 is 38.4 Å². The first-order valence-electron chi connectivity index (χ1n) is 10.3. The molecule has 5 rings (SSSR count). The van der Waals surface area contributed by atoms with E-state index in [9.17, 15) is 19.6 Å². The number of imidazole rings is 1. The molecule has 2 aliphatic heterocycles. The Kier molecular flexibility index (Phi) is 5.61. The summed E-state index contributed by atoms with van der Waals surface area (Å²) in [7, 11) is -4.79. The van der Waals surface area contributed by atoms with Crippen molar-refractivity contribution >= 4 is 24.9 Å². The molecule has 6 N–H and O–H groups in total.